The van der Waals surface area contributed by atoms with Crippen LogP contribution in [0.4, 0.5) is 14.3 Å². The molecule has 10 heteroatoms. The molecule has 3 heterocycles. The number of likely N-dealkylation sites (tertiary alicyclic amines) is 2. The van der Waals surface area contributed by atoms with E-state index < -0.39 is 0 Å². The number of nitrogens with zero attached hydrogens (tertiary/aromatic N) is 3. The van der Waals surface area contributed by atoms with Gasteiger partial charge in [0.1, 0.15) is 5.82 Å². The third-order valence-electron chi connectivity index (χ3n) is 7.60. The average molecular weight is 544 g/mol. The highest BCUT2D eigenvalue weighted by Crippen LogP contribution is 2.26. The minimum Gasteiger partial charge on any atom is -0.341 e. The molecule has 0 unspecified atom stereocenters. The first-order chi connectivity index (χ1) is 18.2. The van der Waals surface area contributed by atoms with Crippen LogP contribution in [0, 0.1) is 24.6 Å². The van der Waals surface area contributed by atoms with Gasteiger partial charge in [-0.2, -0.15) is 0 Å². The number of carbonyl (C=O) groups excluding carboxylic acids is 3. The van der Waals surface area contributed by atoms with Gasteiger partial charge in [0.05, 0.1) is 16.6 Å². The maximum Gasteiger partial charge on any atom is 0.321 e. The molecule has 0 spiro atoms. The number of urea groups is 1. The molecule has 8 nitrogen and oxygen atoms in total. The normalized spacial score (nSPS) is 22.2. The highest BCUT2D eigenvalue weighted by Gasteiger charge is 2.34. The van der Waals surface area contributed by atoms with Crippen molar-refractivity contribution in [2.75, 3.05) is 38.0 Å². The average Bonchev–Trinajstić information content (AvgIpc) is 3.26. The molecule has 2 aromatic rings. The van der Waals surface area contributed by atoms with Crippen molar-refractivity contribution in [1.82, 2.24) is 20.1 Å². The van der Waals surface area contributed by atoms with Gasteiger partial charge in [-0.3, -0.25) is 14.9 Å². The summed E-state index contributed by atoms with van der Waals surface area (Å²) in [4.78, 5) is 46.3. The fourth-order valence-electron chi connectivity index (χ4n) is 5.68. The van der Waals surface area contributed by atoms with Crippen molar-refractivity contribution in [2.45, 2.75) is 58.9 Å². The van der Waals surface area contributed by atoms with E-state index in [-0.39, 0.29) is 35.5 Å². The number of hydrogen-bond acceptors (Lipinski definition) is 6. The summed E-state index contributed by atoms with van der Waals surface area (Å²) in [5.41, 5.74) is 1.76. The minimum absolute atomic E-state index is 0.0752. The lowest BCUT2D eigenvalue weighted by atomic mass is 9.87. The third-order valence-corrected chi connectivity index (χ3v) is 8.77. The van der Waals surface area contributed by atoms with Gasteiger partial charge < -0.3 is 15.1 Å². The third kappa shape index (κ3) is 7.38. The van der Waals surface area contributed by atoms with Crippen molar-refractivity contribution >= 4 is 34.2 Å². The molecule has 2 saturated heterocycles. The molecule has 206 valence electrons. The molecule has 0 aliphatic carbocycles. The Morgan fingerprint density at radius 1 is 1.13 bits per heavy atom. The Hall–Kier alpha value is -2.85. The van der Waals surface area contributed by atoms with Gasteiger partial charge in [-0.15, -0.1) is 0 Å². The summed E-state index contributed by atoms with van der Waals surface area (Å²) in [5, 5.41) is 6.28. The van der Waals surface area contributed by atoms with Crippen LogP contribution in [0.3, 0.4) is 0 Å². The summed E-state index contributed by atoms with van der Waals surface area (Å²) >= 11 is 1.17. The summed E-state index contributed by atoms with van der Waals surface area (Å²) in [7, 11) is 0. The zero-order chi connectivity index (χ0) is 27.2. The van der Waals surface area contributed by atoms with Gasteiger partial charge in [-0.05, 0) is 68.7 Å². The lowest BCUT2D eigenvalue weighted by Crippen LogP contribution is -2.57. The summed E-state index contributed by atoms with van der Waals surface area (Å²) in [6, 6.07) is 6.23. The molecule has 2 aliphatic rings. The van der Waals surface area contributed by atoms with Crippen molar-refractivity contribution < 1.29 is 18.8 Å². The number of halogens is 1. The van der Waals surface area contributed by atoms with Gasteiger partial charge in [0.15, 0.2) is 10.9 Å². The lowest BCUT2D eigenvalue weighted by Gasteiger charge is -2.42. The van der Waals surface area contributed by atoms with Crippen LogP contribution in [0.15, 0.2) is 24.3 Å². The number of thiazole rings is 1. The number of aromatic nitrogens is 1. The highest BCUT2D eigenvalue weighted by atomic mass is 32.1. The van der Waals surface area contributed by atoms with Crippen molar-refractivity contribution in [3.63, 3.8) is 0 Å². The second-order valence-electron chi connectivity index (χ2n) is 10.5. The fourth-order valence-corrected chi connectivity index (χ4v) is 6.54. The van der Waals surface area contributed by atoms with Gasteiger partial charge >= 0.3 is 6.03 Å². The molecule has 3 atom stereocenters. The van der Waals surface area contributed by atoms with Crippen molar-refractivity contribution in [3.8, 4) is 0 Å². The smallest absolute Gasteiger partial charge is 0.321 e. The second kappa shape index (κ2) is 12.8. The van der Waals surface area contributed by atoms with Crippen LogP contribution in [0.5, 0.6) is 0 Å². The Bertz CT molecular complexity index is 1140. The molecule has 0 saturated carbocycles. The summed E-state index contributed by atoms with van der Waals surface area (Å²) in [6.07, 6.45) is 4.45. The van der Waals surface area contributed by atoms with Gasteiger partial charge in [0.25, 0.3) is 0 Å². The number of anilines is 1. The topological polar surface area (TPSA) is 94.6 Å². The number of Topliss-reactive ketones (excluding diaryl/α,β-unsaturated/α-hetero) is 1. The zero-order valence-electron chi connectivity index (χ0n) is 22.5. The molecule has 1 aromatic heterocycles. The molecule has 2 fully saturated rings. The number of benzene rings is 1. The molecule has 2 N–H and O–H groups in total. The van der Waals surface area contributed by atoms with Crippen LogP contribution in [0.1, 0.15) is 60.5 Å². The quantitative estimate of drug-likeness (QED) is 0.479. The van der Waals surface area contributed by atoms with Gasteiger partial charge in [0, 0.05) is 39.5 Å². The highest BCUT2D eigenvalue weighted by molar-refractivity contribution is 7.17. The number of nitrogens with one attached hydrogen (secondary N) is 2. The van der Waals surface area contributed by atoms with Crippen LogP contribution < -0.4 is 10.6 Å². The second-order valence-corrected chi connectivity index (χ2v) is 11.5. The molecule has 2 aliphatic heterocycles. The van der Waals surface area contributed by atoms with Crippen molar-refractivity contribution in [1.29, 1.82) is 0 Å². The Morgan fingerprint density at radius 2 is 1.89 bits per heavy atom. The molecular formula is C28H38FN5O3S. The van der Waals surface area contributed by atoms with E-state index in [0.29, 0.717) is 41.1 Å². The summed E-state index contributed by atoms with van der Waals surface area (Å²) < 4.78 is 13.3. The first-order valence-corrected chi connectivity index (χ1v) is 14.3. The Labute approximate surface area is 228 Å². The number of amides is 3. The number of aryl methyl sites for hydroxylation is 1. The van der Waals surface area contributed by atoms with Crippen LogP contribution in [0.2, 0.25) is 0 Å². The molecule has 0 radical (unpaired) electrons. The maximum absolute atomic E-state index is 13.3. The first-order valence-electron chi connectivity index (χ1n) is 13.5. The molecule has 4 rings (SSSR count). The van der Waals surface area contributed by atoms with Gasteiger partial charge in [-0.1, -0.05) is 30.4 Å². The predicted molar refractivity (Wildman–Crippen MR) is 147 cm³/mol. The lowest BCUT2D eigenvalue weighted by molar-refractivity contribution is -0.132. The number of piperidine rings is 2. The molecule has 38 heavy (non-hydrogen) atoms. The number of carbonyl (C=O) groups is 3. The molecular weight excluding hydrogens is 505 g/mol. The van der Waals surface area contributed by atoms with Gasteiger partial charge in [0.2, 0.25) is 5.91 Å². The first kappa shape index (κ1) is 28.2. The Morgan fingerprint density at radius 3 is 2.58 bits per heavy atom. The predicted octanol–water partition coefficient (Wildman–Crippen LogP) is 4.50. The van der Waals surface area contributed by atoms with E-state index in [2.05, 4.69) is 20.5 Å². The van der Waals surface area contributed by atoms with Gasteiger partial charge in [-0.25, -0.2) is 14.2 Å². The Balaban J connectivity index is 1.39. The van der Waals surface area contributed by atoms with E-state index in [1.54, 1.807) is 6.92 Å². The van der Waals surface area contributed by atoms with Crippen LogP contribution in [-0.2, 0) is 11.2 Å². The Kier molecular flexibility index (Phi) is 9.49. The minimum atomic E-state index is -0.373. The molecule has 3 amide bonds. The van der Waals surface area contributed by atoms with Crippen LogP contribution in [-0.4, -0.2) is 71.3 Å². The van der Waals surface area contributed by atoms with Crippen LogP contribution >= 0.6 is 11.3 Å². The number of ketones is 1. The zero-order valence-corrected chi connectivity index (χ0v) is 23.3. The SMILES string of the molecule is CCC(=O)N1CC[C@@H](CN2CCC[C@@H](Cc3ccc(F)cc3)C2)[C@@H](NC(=O)Nc2nc(C)c(C(C)=O)s2)C1. The fraction of sp³-hybridized carbons (Fsp3) is 0.571. The summed E-state index contributed by atoms with van der Waals surface area (Å²) in [6.45, 7) is 9.10. The molecule has 1 aromatic carbocycles. The van der Waals surface area contributed by atoms with E-state index in [4.69, 9.17) is 0 Å². The monoisotopic (exact) mass is 543 g/mol. The van der Waals surface area contributed by atoms with E-state index in [9.17, 15) is 18.8 Å². The van der Waals surface area contributed by atoms with Crippen LogP contribution in [0.25, 0.3) is 0 Å². The largest absolute Gasteiger partial charge is 0.341 e. The summed E-state index contributed by atoms with van der Waals surface area (Å²) in [5.74, 6) is 0.522. The van der Waals surface area contributed by atoms with Crippen molar-refractivity contribution in [2.24, 2.45) is 11.8 Å². The number of rotatable bonds is 8. The number of hydrogen-bond donors (Lipinski definition) is 2. The standard InChI is InChI=1S/C28H38FN5O3S/c1-4-25(36)34-13-11-22(16-33-12-5-6-21(15-33)14-20-7-9-23(29)10-8-20)24(17-34)31-27(37)32-28-30-18(2)26(38-28)19(3)35/h7-10,21-22,24H,4-6,11-17H2,1-3H3,(H2,30,31,32,37)/t21-,22-,24-/m0/s1. The van der Waals surface area contributed by atoms with E-state index >= 15 is 0 Å². The van der Waals surface area contributed by atoms with E-state index in [0.717, 1.165) is 50.9 Å². The molecule has 0 bridgehead atoms. The van der Waals surface area contributed by atoms with E-state index in [1.165, 1.54) is 30.4 Å². The maximum atomic E-state index is 13.3. The van der Waals surface area contributed by atoms with Crippen molar-refractivity contribution in [3.05, 3.63) is 46.2 Å². The van der Waals surface area contributed by atoms with E-state index in [1.807, 2.05) is 24.0 Å².